The third kappa shape index (κ3) is 4.21. The Hall–Kier alpha value is -2.95. The predicted molar refractivity (Wildman–Crippen MR) is 119 cm³/mol. The highest BCUT2D eigenvalue weighted by atomic mass is 35.5. The van der Waals surface area contributed by atoms with Gasteiger partial charge in [-0.2, -0.15) is 4.31 Å². The van der Waals surface area contributed by atoms with Crippen molar-refractivity contribution in [2.45, 2.75) is 36.9 Å². The minimum absolute atomic E-state index is 0.165. The molecule has 0 N–H and O–H groups in total. The summed E-state index contributed by atoms with van der Waals surface area (Å²) >= 11 is 6.08. The first-order valence-electron chi connectivity index (χ1n) is 10.5. The lowest BCUT2D eigenvalue weighted by atomic mass is 10.0. The van der Waals surface area contributed by atoms with Crippen molar-refractivity contribution in [1.29, 1.82) is 0 Å². The van der Waals surface area contributed by atoms with E-state index in [1.807, 2.05) is 30.3 Å². The van der Waals surface area contributed by atoms with E-state index in [1.54, 1.807) is 23.1 Å². The maximum absolute atomic E-state index is 13.3. The number of hydrogen-bond donors (Lipinski definition) is 0. The van der Waals surface area contributed by atoms with Crippen LogP contribution in [0.1, 0.15) is 29.7 Å². The number of piperidine rings is 1. The Labute approximate surface area is 195 Å². The molecule has 0 saturated carbocycles. The van der Waals surface area contributed by atoms with Gasteiger partial charge in [-0.05, 0) is 41.8 Å². The first-order valence-corrected chi connectivity index (χ1v) is 12.4. The maximum Gasteiger partial charge on any atom is 0.414 e. The molecular weight excluding hydrogens is 468 g/mol. The van der Waals surface area contributed by atoms with Crippen LogP contribution in [0.3, 0.4) is 0 Å². The molecule has 1 fully saturated rings. The van der Waals surface area contributed by atoms with Gasteiger partial charge in [-0.3, -0.25) is 4.90 Å². The quantitative estimate of drug-likeness (QED) is 0.540. The fourth-order valence-electron chi connectivity index (χ4n) is 4.31. The largest absolute Gasteiger partial charge is 0.444 e. The maximum atomic E-state index is 13.3. The van der Waals surface area contributed by atoms with E-state index in [2.05, 4.69) is 10.3 Å². The molecule has 9 nitrogen and oxygen atoms in total. The summed E-state index contributed by atoms with van der Waals surface area (Å²) in [6.45, 7) is 0.635. The summed E-state index contributed by atoms with van der Waals surface area (Å²) in [5, 5.41) is 7.94. The summed E-state index contributed by atoms with van der Waals surface area (Å²) in [5.74, 6) is 0. The van der Waals surface area contributed by atoms with E-state index in [0.717, 1.165) is 16.8 Å². The number of nitrogens with zero attached hydrogens (tertiary/aromatic N) is 4. The van der Waals surface area contributed by atoms with Gasteiger partial charge >= 0.3 is 6.09 Å². The van der Waals surface area contributed by atoms with Gasteiger partial charge in [0.2, 0.25) is 5.03 Å². The van der Waals surface area contributed by atoms with Crippen molar-refractivity contribution in [2.75, 3.05) is 18.0 Å². The van der Waals surface area contributed by atoms with Gasteiger partial charge in [-0.25, -0.2) is 17.8 Å². The Morgan fingerprint density at radius 1 is 1.06 bits per heavy atom. The summed E-state index contributed by atoms with van der Waals surface area (Å²) in [5.41, 5.74) is 2.76. The van der Waals surface area contributed by atoms with Crippen molar-refractivity contribution in [1.82, 2.24) is 14.6 Å². The van der Waals surface area contributed by atoms with Crippen molar-refractivity contribution in [3.63, 3.8) is 0 Å². The lowest BCUT2D eigenvalue weighted by molar-refractivity contribution is 0.136. The number of aromatic nitrogens is 2. The van der Waals surface area contributed by atoms with Gasteiger partial charge in [0.1, 0.15) is 12.3 Å². The van der Waals surface area contributed by atoms with Crippen LogP contribution in [-0.2, 0) is 27.8 Å². The molecule has 2 aliphatic rings. The number of benzene rings is 2. The third-order valence-corrected chi connectivity index (χ3v) is 8.04. The lowest BCUT2D eigenvalue weighted by Gasteiger charge is -2.39. The molecule has 33 heavy (non-hydrogen) atoms. The fraction of sp³-hybridized carbons (Fsp3) is 0.318. The SMILES string of the molecule is O=C1OCc2cc(Cl)ccc2N1C1CCN(S(=O)(=O)c2nonc2Cc2ccccc2)CC1. The second-order valence-electron chi connectivity index (χ2n) is 8.01. The van der Waals surface area contributed by atoms with E-state index in [-0.39, 0.29) is 36.5 Å². The minimum Gasteiger partial charge on any atom is -0.444 e. The molecule has 0 aliphatic carbocycles. The average molecular weight is 489 g/mol. The number of fused-ring (bicyclic) bond motifs is 1. The van der Waals surface area contributed by atoms with Crippen LogP contribution in [0.2, 0.25) is 5.02 Å². The number of ether oxygens (including phenoxy) is 1. The first-order chi connectivity index (χ1) is 15.9. The number of carbonyl (C=O) groups is 1. The van der Waals surface area contributed by atoms with Gasteiger partial charge in [0.15, 0.2) is 0 Å². The number of hydrogen-bond acceptors (Lipinski definition) is 7. The highest BCUT2D eigenvalue weighted by molar-refractivity contribution is 7.89. The smallest absolute Gasteiger partial charge is 0.414 e. The number of halogens is 1. The van der Waals surface area contributed by atoms with Crippen molar-refractivity contribution in [3.05, 3.63) is 70.4 Å². The highest BCUT2D eigenvalue weighted by Gasteiger charge is 2.39. The van der Waals surface area contributed by atoms with Gasteiger partial charge in [0, 0.05) is 36.1 Å². The fourth-order valence-corrected chi connectivity index (χ4v) is 5.98. The second kappa shape index (κ2) is 8.77. The van der Waals surface area contributed by atoms with Crippen LogP contribution >= 0.6 is 11.6 Å². The Morgan fingerprint density at radius 3 is 2.58 bits per heavy atom. The summed E-state index contributed by atoms with van der Waals surface area (Å²) in [6.07, 6.45) is 0.775. The molecule has 1 aromatic heterocycles. The molecule has 3 aromatic rings. The number of anilines is 1. The van der Waals surface area contributed by atoms with Crippen LogP contribution in [0, 0.1) is 0 Å². The van der Waals surface area contributed by atoms with Gasteiger partial charge in [0.05, 0.1) is 5.69 Å². The van der Waals surface area contributed by atoms with Crippen LogP contribution < -0.4 is 4.90 Å². The zero-order valence-electron chi connectivity index (χ0n) is 17.6. The zero-order valence-corrected chi connectivity index (χ0v) is 19.1. The van der Waals surface area contributed by atoms with Crippen molar-refractivity contribution < 1.29 is 22.6 Å². The molecule has 0 bridgehead atoms. The molecule has 1 amide bonds. The van der Waals surface area contributed by atoms with E-state index in [9.17, 15) is 13.2 Å². The molecule has 2 aromatic carbocycles. The summed E-state index contributed by atoms with van der Waals surface area (Å²) in [4.78, 5) is 14.1. The molecule has 5 rings (SSSR count). The van der Waals surface area contributed by atoms with Crippen LogP contribution in [-0.4, -0.2) is 48.3 Å². The predicted octanol–water partition coefficient (Wildman–Crippen LogP) is 3.62. The van der Waals surface area contributed by atoms with E-state index in [0.29, 0.717) is 24.3 Å². The van der Waals surface area contributed by atoms with Crippen LogP contribution in [0.15, 0.2) is 58.2 Å². The molecule has 172 valence electrons. The Balaban J connectivity index is 1.32. The van der Waals surface area contributed by atoms with Crippen molar-refractivity contribution in [2.24, 2.45) is 0 Å². The van der Waals surface area contributed by atoms with Gasteiger partial charge in [0.25, 0.3) is 10.0 Å². The molecule has 2 aliphatic heterocycles. The molecule has 0 radical (unpaired) electrons. The number of sulfonamides is 1. The number of amides is 1. The minimum atomic E-state index is -3.89. The average Bonchev–Trinajstić information content (AvgIpc) is 3.29. The van der Waals surface area contributed by atoms with E-state index < -0.39 is 16.1 Å². The Bertz CT molecular complexity index is 1270. The standard InChI is InChI=1S/C22H21ClN4O5S/c23-17-6-7-20-16(13-17)14-31-22(28)27(20)18-8-10-26(11-9-18)33(29,30)21-19(24-32-25-21)12-15-4-2-1-3-5-15/h1-7,13,18H,8-12,14H2. The van der Waals surface area contributed by atoms with Crippen LogP contribution in [0.5, 0.6) is 0 Å². The molecule has 0 unspecified atom stereocenters. The Kier molecular flexibility index (Phi) is 5.81. The Morgan fingerprint density at radius 2 is 1.82 bits per heavy atom. The highest BCUT2D eigenvalue weighted by Crippen LogP contribution is 2.34. The number of cyclic esters (lactones) is 1. The van der Waals surface area contributed by atoms with E-state index in [1.165, 1.54) is 4.31 Å². The molecule has 3 heterocycles. The van der Waals surface area contributed by atoms with Crippen LogP contribution in [0.25, 0.3) is 0 Å². The topological polar surface area (TPSA) is 106 Å². The zero-order chi connectivity index (χ0) is 23.0. The van der Waals surface area contributed by atoms with Gasteiger partial charge in [-0.1, -0.05) is 47.1 Å². The molecule has 11 heteroatoms. The second-order valence-corrected chi connectivity index (χ2v) is 10.3. The van der Waals surface area contributed by atoms with E-state index >= 15 is 0 Å². The molecule has 0 spiro atoms. The number of rotatable bonds is 5. The molecule has 1 saturated heterocycles. The molecular formula is C22H21ClN4O5S. The van der Waals surface area contributed by atoms with Crippen LogP contribution in [0.4, 0.5) is 10.5 Å². The monoisotopic (exact) mass is 488 g/mol. The number of carbonyl (C=O) groups excluding carboxylic acids is 1. The summed E-state index contributed by atoms with van der Waals surface area (Å²) in [6, 6.07) is 14.5. The summed E-state index contributed by atoms with van der Waals surface area (Å²) < 4.78 is 38.0. The van der Waals surface area contributed by atoms with E-state index in [4.69, 9.17) is 21.0 Å². The van der Waals surface area contributed by atoms with Crippen molar-refractivity contribution >= 4 is 33.4 Å². The van der Waals surface area contributed by atoms with Gasteiger partial charge < -0.3 is 4.74 Å². The van der Waals surface area contributed by atoms with Crippen molar-refractivity contribution in [3.8, 4) is 0 Å². The first kappa shape index (κ1) is 21.9. The third-order valence-electron chi connectivity index (χ3n) is 5.96. The summed E-state index contributed by atoms with van der Waals surface area (Å²) in [7, 11) is -3.89. The van der Waals surface area contributed by atoms with Gasteiger partial charge in [-0.15, -0.1) is 0 Å². The lowest BCUT2D eigenvalue weighted by Crippen LogP contribution is -2.50. The molecule has 0 atom stereocenters. The normalized spacial score (nSPS) is 17.6.